The van der Waals surface area contributed by atoms with E-state index in [-0.39, 0.29) is 11.4 Å². The Labute approximate surface area is 182 Å². The van der Waals surface area contributed by atoms with Gasteiger partial charge in [0.1, 0.15) is 0 Å². The molecule has 3 aromatic rings. The zero-order valence-corrected chi connectivity index (χ0v) is 18.5. The van der Waals surface area contributed by atoms with Crippen molar-refractivity contribution < 1.29 is 9.32 Å². The third-order valence-corrected chi connectivity index (χ3v) is 5.39. The number of rotatable bonds is 8. The van der Waals surface area contributed by atoms with Crippen LogP contribution < -0.4 is 10.6 Å². The highest BCUT2D eigenvalue weighted by Crippen LogP contribution is 2.23. The molecule has 0 fully saturated rings. The van der Waals surface area contributed by atoms with Gasteiger partial charge in [0.2, 0.25) is 11.7 Å². The van der Waals surface area contributed by atoms with Gasteiger partial charge in [0.05, 0.1) is 17.1 Å². The van der Waals surface area contributed by atoms with E-state index >= 15 is 0 Å². The lowest BCUT2D eigenvalue weighted by atomic mass is 10.0. The maximum atomic E-state index is 12.5. The molecule has 1 aromatic heterocycles. The second-order valence-corrected chi connectivity index (χ2v) is 8.21. The normalized spacial score (nSPS) is 11.4. The van der Waals surface area contributed by atoms with E-state index in [9.17, 15) is 4.79 Å². The lowest BCUT2D eigenvalue weighted by Crippen LogP contribution is -2.42. The minimum absolute atomic E-state index is 0.186. The second-order valence-electron chi connectivity index (χ2n) is 7.80. The van der Waals surface area contributed by atoms with E-state index in [4.69, 9.17) is 16.1 Å². The number of anilines is 1. The largest absolute Gasteiger partial charge is 0.376 e. The molecule has 3 rings (SSSR count). The van der Waals surface area contributed by atoms with E-state index in [1.165, 1.54) is 5.56 Å². The van der Waals surface area contributed by atoms with Crippen molar-refractivity contribution in [2.24, 2.45) is 0 Å². The minimum Gasteiger partial charge on any atom is -0.376 e. The number of nitrogens with zero attached hydrogens (tertiary/aromatic N) is 2. The van der Waals surface area contributed by atoms with E-state index in [2.05, 4.69) is 39.8 Å². The van der Waals surface area contributed by atoms with E-state index in [1.54, 1.807) is 18.2 Å². The first-order valence-electron chi connectivity index (χ1n) is 10.1. The van der Waals surface area contributed by atoms with Crippen molar-refractivity contribution in [2.45, 2.75) is 52.6 Å². The highest BCUT2D eigenvalue weighted by atomic mass is 35.5. The van der Waals surface area contributed by atoms with Crippen LogP contribution in [0.3, 0.4) is 0 Å². The first-order valence-corrected chi connectivity index (χ1v) is 10.5. The summed E-state index contributed by atoms with van der Waals surface area (Å²) in [5.74, 6) is 0.833. The highest BCUT2D eigenvalue weighted by Gasteiger charge is 2.20. The average molecular weight is 427 g/mol. The van der Waals surface area contributed by atoms with Crippen molar-refractivity contribution in [2.75, 3.05) is 5.32 Å². The van der Waals surface area contributed by atoms with Gasteiger partial charge in [0.25, 0.3) is 5.91 Å². The zero-order chi connectivity index (χ0) is 21.7. The van der Waals surface area contributed by atoms with Gasteiger partial charge < -0.3 is 15.2 Å². The molecule has 1 amide bonds. The molecular formula is C23H27ClN4O2. The van der Waals surface area contributed by atoms with E-state index in [0.717, 1.165) is 24.1 Å². The third kappa shape index (κ3) is 5.39. The van der Waals surface area contributed by atoms with Crippen molar-refractivity contribution in [1.82, 2.24) is 15.5 Å². The van der Waals surface area contributed by atoms with Crippen LogP contribution >= 0.6 is 11.6 Å². The predicted molar refractivity (Wildman–Crippen MR) is 120 cm³/mol. The minimum atomic E-state index is -0.288. The molecule has 0 saturated heterocycles. The first kappa shape index (κ1) is 21.8. The summed E-state index contributed by atoms with van der Waals surface area (Å²) in [7, 11) is 0. The molecule has 0 spiro atoms. The Kier molecular flexibility index (Phi) is 6.77. The number of nitrogens with one attached hydrogen (secondary N) is 2. The topological polar surface area (TPSA) is 80.0 Å². The van der Waals surface area contributed by atoms with E-state index in [0.29, 0.717) is 28.8 Å². The fraction of sp³-hybridized carbons (Fsp3) is 0.348. The molecular weight excluding hydrogens is 400 g/mol. The molecule has 6 nitrogen and oxygen atoms in total. The maximum Gasteiger partial charge on any atom is 0.253 e. The van der Waals surface area contributed by atoms with Gasteiger partial charge in [-0.2, -0.15) is 4.98 Å². The Morgan fingerprint density at radius 1 is 1.13 bits per heavy atom. The van der Waals surface area contributed by atoms with Crippen molar-refractivity contribution >= 4 is 23.2 Å². The summed E-state index contributed by atoms with van der Waals surface area (Å²) in [5, 5.41) is 10.6. The molecule has 0 unspecified atom stereocenters. The summed E-state index contributed by atoms with van der Waals surface area (Å²) in [6.07, 6.45) is 1.81. The van der Waals surface area contributed by atoms with Crippen LogP contribution in [0.15, 0.2) is 47.0 Å². The highest BCUT2D eigenvalue weighted by molar-refractivity contribution is 6.34. The monoisotopic (exact) mass is 426 g/mol. The van der Waals surface area contributed by atoms with Crippen LogP contribution in [0.5, 0.6) is 0 Å². The maximum absolute atomic E-state index is 12.5. The van der Waals surface area contributed by atoms with Crippen molar-refractivity contribution in [3.63, 3.8) is 0 Å². The molecule has 158 valence electrons. The van der Waals surface area contributed by atoms with Crippen LogP contribution in [-0.2, 0) is 13.0 Å². The number of hydrogen-bond donors (Lipinski definition) is 2. The summed E-state index contributed by atoms with van der Waals surface area (Å²) in [5.41, 5.74) is 3.09. The van der Waals surface area contributed by atoms with Crippen LogP contribution in [0.25, 0.3) is 11.4 Å². The molecule has 1 heterocycles. The third-order valence-electron chi connectivity index (χ3n) is 5.08. The molecule has 0 bridgehead atoms. The molecule has 0 radical (unpaired) electrons. The summed E-state index contributed by atoms with van der Waals surface area (Å²) in [6, 6.07) is 13.3. The fourth-order valence-electron chi connectivity index (χ4n) is 2.78. The zero-order valence-electron chi connectivity index (χ0n) is 17.8. The lowest BCUT2D eigenvalue weighted by molar-refractivity contribution is 0.0911. The first-order chi connectivity index (χ1) is 14.3. The number of halogens is 1. The summed E-state index contributed by atoms with van der Waals surface area (Å²) in [4.78, 5) is 16.9. The SMILES string of the molecule is CCc1ccc(-c2noc(CNc3ccc(C(=O)NC(C)(C)CC)c(Cl)c3)n2)cc1. The van der Waals surface area contributed by atoms with Gasteiger partial charge in [-0.05, 0) is 50.5 Å². The van der Waals surface area contributed by atoms with Gasteiger partial charge in [-0.25, -0.2) is 0 Å². The van der Waals surface area contributed by atoms with Crippen LogP contribution in [-0.4, -0.2) is 21.6 Å². The summed E-state index contributed by atoms with van der Waals surface area (Å²) in [6.45, 7) is 8.45. The number of aromatic nitrogens is 2. The molecule has 0 saturated carbocycles. The average Bonchev–Trinajstić information content (AvgIpc) is 3.21. The number of benzene rings is 2. The Morgan fingerprint density at radius 2 is 1.87 bits per heavy atom. The standard InChI is InChI=1S/C23H27ClN4O2/c1-5-15-7-9-16(10-8-15)21-26-20(30-28-21)14-25-17-11-12-18(19(24)13-17)22(29)27-23(3,4)6-2/h7-13,25H,5-6,14H2,1-4H3,(H,27,29). The van der Waals surface area contributed by atoms with Crippen molar-refractivity contribution in [1.29, 1.82) is 0 Å². The van der Waals surface area contributed by atoms with Crippen LogP contribution in [0, 0.1) is 0 Å². The molecule has 0 aliphatic carbocycles. The number of carbonyl (C=O) groups is 1. The van der Waals surface area contributed by atoms with E-state index < -0.39 is 0 Å². The Bertz CT molecular complexity index is 1010. The van der Waals surface area contributed by atoms with Gasteiger partial charge >= 0.3 is 0 Å². The number of aryl methyl sites for hydroxylation is 1. The molecule has 30 heavy (non-hydrogen) atoms. The van der Waals surface area contributed by atoms with Crippen molar-refractivity contribution in [3.05, 3.63) is 64.5 Å². The van der Waals surface area contributed by atoms with Gasteiger partial charge in [0, 0.05) is 16.8 Å². The molecule has 0 atom stereocenters. The fourth-order valence-corrected chi connectivity index (χ4v) is 3.05. The number of amides is 1. The number of carbonyl (C=O) groups excluding carboxylic acids is 1. The summed E-state index contributed by atoms with van der Waals surface area (Å²) < 4.78 is 5.34. The van der Waals surface area contributed by atoms with Crippen molar-refractivity contribution in [3.8, 4) is 11.4 Å². The van der Waals surface area contributed by atoms with Crippen LogP contribution in [0.2, 0.25) is 5.02 Å². The second kappa shape index (κ2) is 9.30. The van der Waals surface area contributed by atoms with E-state index in [1.807, 2.05) is 32.9 Å². The molecule has 2 aromatic carbocycles. The Balaban J connectivity index is 1.63. The van der Waals surface area contributed by atoms with Gasteiger partial charge in [-0.1, -0.05) is 54.9 Å². The molecule has 0 aliphatic heterocycles. The molecule has 2 N–H and O–H groups in total. The number of hydrogen-bond acceptors (Lipinski definition) is 5. The quantitative estimate of drug-likeness (QED) is 0.498. The Hall–Kier alpha value is -2.86. The smallest absolute Gasteiger partial charge is 0.253 e. The Morgan fingerprint density at radius 3 is 2.50 bits per heavy atom. The van der Waals surface area contributed by atoms with Crippen LogP contribution in [0.4, 0.5) is 5.69 Å². The molecule has 7 heteroatoms. The summed E-state index contributed by atoms with van der Waals surface area (Å²) >= 11 is 6.33. The molecule has 0 aliphatic rings. The predicted octanol–water partition coefficient (Wildman–Crippen LogP) is 5.48. The van der Waals surface area contributed by atoms with Gasteiger partial charge in [-0.15, -0.1) is 0 Å². The van der Waals surface area contributed by atoms with Gasteiger partial charge in [0.15, 0.2) is 0 Å². The van der Waals surface area contributed by atoms with Crippen LogP contribution in [0.1, 0.15) is 55.9 Å². The lowest BCUT2D eigenvalue weighted by Gasteiger charge is -2.24. The van der Waals surface area contributed by atoms with Gasteiger partial charge in [-0.3, -0.25) is 4.79 Å².